The van der Waals surface area contributed by atoms with Crippen molar-refractivity contribution < 1.29 is 14.3 Å². The van der Waals surface area contributed by atoms with Gasteiger partial charge in [-0.25, -0.2) is 4.79 Å². The molecule has 0 unspecified atom stereocenters. The normalized spacial score (nSPS) is 18.7. The standard InChI is InChI=1S/C10H11N3O3/c1-2-16-10(15)6-3-4-7(11)13-5-8(14)12-9(6)13/h3-4H,2,5,11H2,1H3. The second-order valence-corrected chi connectivity index (χ2v) is 3.31. The second kappa shape index (κ2) is 3.80. The molecule has 2 rings (SSSR count). The van der Waals surface area contributed by atoms with Crippen LogP contribution in [0.5, 0.6) is 0 Å². The Labute approximate surface area is 92.1 Å². The van der Waals surface area contributed by atoms with Gasteiger partial charge in [-0.1, -0.05) is 0 Å². The van der Waals surface area contributed by atoms with E-state index in [4.69, 9.17) is 10.5 Å². The summed E-state index contributed by atoms with van der Waals surface area (Å²) in [6, 6.07) is 0. The van der Waals surface area contributed by atoms with Gasteiger partial charge in [0.25, 0.3) is 5.91 Å². The van der Waals surface area contributed by atoms with Crippen molar-refractivity contribution in [1.82, 2.24) is 4.90 Å². The van der Waals surface area contributed by atoms with Crippen LogP contribution in [0.2, 0.25) is 0 Å². The number of rotatable bonds is 2. The highest BCUT2D eigenvalue weighted by Crippen LogP contribution is 2.20. The first-order valence-electron chi connectivity index (χ1n) is 4.87. The molecule has 0 aromatic heterocycles. The fourth-order valence-corrected chi connectivity index (χ4v) is 1.54. The molecule has 0 saturated heterocycles. The van der Waals surface area contributed by atoms with Gasteiger partial charge < -0.3 is 15.4 Å². The molecule has 2 N–H and O–H groups in total. The summed E-state index contributed by atoms with van der Waals surface area (Å²) >= 11 is 0. The SMILES string of the molecule is CCOC(=O)C1=CC=C(N)N2CC(=O)N=C12. The number of ether oxygens (including phenoxy) is 1. The van der Waals surface area contributed by atoms with E-state index in [1.165, 1.54) is 11.0 Å². The molecule has 0 radical (unpaired) electrons. The fourth-order valence-electron chi connectivity index (χ4n) is 1.54. The molecule has 2 aliphatic rings. The third-order valence-corrected chi connectivity index (χ3v) is 2.25. The maximum absolute atomic E-state index is 11.6. The number of carbonyl (C=O) groups is 2. The van der Waals surface area contributed by atoms with Crippen LogP contribution in [0.3, 0.4) is 0 Å². The molecule has 6 nitrogen and oxygen atoms in total. The monoisotopic (exact) mass is 221 g/mol. The summed E-state index contributed by atoms with van der Waals surface area (Å²) in [6.07, 6.45) is 3.07. The predicted octanol–water partition coefficient (Wildman–Crippen LogP) is -0.470. The third-order valence-electron chi connectivity index (χ3n) is 2.25. The quantitative estimate of drug-likeness (QED) is 0.637. The van der Waals surface area contributed by atoms with E-state index >= 15 is 0 Å². The number of carbonyl (C=O) groups excluding carboxylic acids is 2. The minimum absolute atomic E-state index is 0.0778. The van der Waals surface area contributed by atoms with Crippen LogP contribution >= 0.6 is 0 Å². The maximum Gasteiger partial charge on any atom is 0.341 e. The summed E-state index contributed by atoms with van der Waals surface area (Å²) in [5.41, 5.74) is 5.94. The third kappa shape index (κ3) is 1.58. The first kappa shape index (κ1) is 10.4. The van der Waals surface area contributed by atoms with Crippen molar-refractivity contribution in [1.29, 1.82) is 0 Å². The molecule has 2 heterocycles. The molecule has 6 heteroatoms. The Balaban J connectivity index is 2.35. The highest BCUT2D eigenvalue weighted by Gasteiger charge is 2.33. The number of amidine groups is 1. The molecule has 16 heavy (non-hydrogen) atoms. The zero-order chi connectivity index (χ0) is 11.7. The van der Waals surface area contributed by atoms with Crippen LogP contribution in [0.4, 0.5) is 0 Å². The van der Waals surface area contributed by atoms with Gasteiger partial charge in [-0.2, -0.15) is 4.99 Å². The lowest BCUT2D eigenvalue weighted by Crippen LogP contribution is -2.37. The lowest BCUT2D eigenvalue weighted by atomic mass is 10.1. The molecule has 0 fully saturated rings. The topological polar surface area (TPSA) is 85.0 Å². The van der Waals surface area contributed by atoms with E-state index in [0.717, 1.165) is 0 Å². The van der Waals surface area contributed by atoms with E-state index in [1.54, 1.807) is 13.0 Å². The van der Waals surface area contributed by atoms with Crippen molar-refractivity contribution in [3.63, 3.8) is 0 Å². The lowest BCUT2D eigenvalue weighted by molar-refractivity contribution is -0.137. The molecule has 0 atom stereocenters. The van der Waals surface area contributed by atoms with Crippen LogP contribution in [0.1, 0.15) is 6.92 Å². The van der Waals surface area contributed by atoms with Gasteiger partial charge in [-0.05, 0) is 19.1 Å². The van der Waals surface area contributed by atoms with Crippen molar-refractivity contribution in [2.24, 2.45) is 10.7 Å². The van der Waals surface area contributed by atoms with Gasteiger partial charge in [0.1, 0.15) is 17.9 Å². The van der Waals surface area contributed by atoms with Gasteiger partial charge in [0, 0.05) is 0 Å². The van der Waals surface area contributed by atoms with E-state index in [0.29, 0.717) is 5.82 Å². The summed E-state index contributed by atoms with van der Waals surface area (Å²) < 4.78 is 4.86. The summed E-state index contributed by atoms with van der Waals surface area (Å²) in [5, 5.41) is 0. The van der Waals surface area contributed by atoms with E-state index in [-0.39, 0.29) is 30.5 Å². The molecule has 0 aromatic carbocycles. The van der Waals surface area contributed by atoms with Crippen LogP contribution < -0.4 is 5.73 Å². The molecule has 0 aliphatic carbocycles. The number of nitrogens with two attached hydrogens (primary N) is 1. The highest BCUT2D eigenvalue weighted by molar-refractivity contribution is 6.24. The average Bonchev–Trinajstić information content (AvgIpc) is 2.61. The minimum atomic E-state index is -0.496. The van der Waals surface area contributed by atoms with Crippen molar-refractivity contribution in [3.8, 4) is 0 Å². The van der Waals surface area contributed by atoms with Gasteiger partial charge in [0.2, 0.25) is 0 Å². The molecule has 0 spiro atoms. The van der Waals surface area contributed by atoms with Crippen LogP contribution in [-0.4, -0.2) is 35.8 Å². The van der Waals surface area contributed by atoms with Crippen LogP contribution in [0.25, 0.3) is 0 Å². The molecule has 84 valence electrons. The number of nitrogens with zero attached hydrogens (tertiary/aromatic N) is 2. The summed E-state index contributed by atoms with van der Waals surface area (Å²) in [4.78, 5) is 28.0. The number of esters is 1. The Hall–Kier alpha value is -2.11. The Bertz CT molecular complexity index is 448. The van der Waals surface area contributed by atoms with Crippen molar-refractivity contribution in [3.05, 3.63) is 23.5 Å². The van der Waals surface area contributed by atoms with Crippen LogP contribution in [-0.2, 0) is 14.3 Å². The molecule has 2 aliphatic heterocycles. The Kier molecular flexibility index (Phi) is 2.47. The first-order valence-corrected chi connectivity index (χ1v) is 4.87. The second-order valence-electron chi connectivity index (χ2n) is 3.31. The van der Waals surface area contributed by atoms with Crippen molar-refractivity contribution >= 4 is 17.7 Å². The van der Waals surface area contributed by atoms with Gasteiger partial charge in [-0.15, -0.1) is 0 Å². The fraction of sp³-hybridized carbons (Fsp3) is 0.300. The predicted molar refractivity (Wildman–Crippen MR) is 56.1 cm³/mol. The summed E-state index contributed by atoms with van der Waals surface area (Å²) in [7, 11) is 0. The van der Waals surface area contributed by atoms with Crippen LogP contribution in [0.15, 0.2) is 28.5 Å². The number of hydrogen-bond donors (Lipinski definition) is 1. The Morgan fingerprint density at radius 2 is 2.38 bits per heavy atom. The van der Waals surface area contributed by atoms with E-state index in [9.17, 15) is 9.59 Å². The summed E-state index contributed by atoms with van der Waals surface area (Å²) in [5.74, 6) is -0.130. The van der Waals surface area contributed by atoms with Crippen LogP contribution in [0, 0.1) is 0 Å². The summed E-state index contributed by atoms with van der Waals surface area (Å²) in [6.45, 7) is 2.07. The minimum Gasteiger partial charge on any atom is -0.462 e. The van der Waals surface area contributed by atoms with Crippen molar-refractivity contribution in [2.45, 2.75) is 6.92 Å². The first-order chi connectivity index (χ1) is 7.63. The molecular formula is C10H11N3O3. The lowest BCUT2D eigenvalue weighted by Gasteiger charge is -2.23. The molecule has 0 bridgehead atoms. The van der Waals surface area contributed by atoms with E-state index in [1.807, 2.05) is 0 Å². The highest BCUT2D eigenvalue weighted by atomic mass is 16.5. The zero-order valence-corrected chi connectivity index (χ0v) is 8.77. The Morgan fingerprint density at radius 1 is 1.62 bits per heavy atom. The number of allylic oxidation sites excluding steroid dienone is 2. The number of hydrogen-bond acceptors (Lipinski definition) is 5. The molecule has 0 aromatic rings. The van der Waals surface area contributed by atoms with E-state index < -0.39 is 5.97 Å². The van der Waals surface area contributed by atoms with Gasteiger partial charge in [0.05, 0.1) is 6.61 Å². The van der Waals surface area contributed by atoms with Gasteiger partial charge in [0.15, 0.2) is 5.84 Å². The van der Waals surface area contributed by atoms with Gasteiger partial charge in [-0.3, -0.25) is 4.79 Å². The molecule has 0 saturated carbocycles. The number of fused-ring (bicyclic) bond motifs is 1. The smallest absolute Gasteiger partial charge is 0.341 e. The molecular weight excluding hydrogens is 210 g/mol. The average molecular weight is 221 g/mol. The van der Waals surface area contributed by atoms with Crippen molar-refractivity contribution in [2.75, 3.05) is 13.2 Å². The zero-order valence-electron chi connectivity index (χ0n) is 8.77. The number of amides is 1. The van der Waals surface area contributed by atoms with Gasteiger partial charge >= 0.3 is 5.97 Å². The maximum atomic E-state index is 11.6. The molecule has 1 amide bonds. The van der Waals surface area contributed by atoms with E-state index in [2.05, 4.69) is 4.99 Å². The largest absolute Gasteiger partial charge is 0.462 e. The number of aliphatic imine (C=N–C) groups is 1. The Morgan fingerprint density at radius 3 is 3.06 bits per heavy atom.